The first-order valence-corrected chi connectivity index (χ1v) is 8.72. The van der Waals surface area contributed by atoms with E-state index in [1.165, 1.54) is 0 Å². The molecule has 21 heavy (non-hydrogen) atoms. The summed E-state index contributed by atoms with van der Waals surface area (Å²) in [4.78, 5) is 0.337. The van der Waals surface area contributed by atoms with E-state index in [-0.39, 0.29) is 6.10 Å². The number of benzene rings is 2. The highest BCUT2D eigenvalue weighted by atomic mass is 32.2. The average Bonchev–Trinajstić information content (AvgIpc) is 2.57. The van der Waals surface area contributed by atoms with Crippen LogP contribution in [-0.4, -0.2) is 13.9 Å². The van der Waals surface area contributed by atoms with Crippen molar-refractivity contribution in [3.05, 3.63) is 66.2 Å². The standard InChI is InChI=1S/C17H18O3S/c18-21(19,15-10-5-2-6-11-15)17-13-7-12-16(20-17)14-8-3-1-4-9-14/h1-6,8-11,16-17H,7,12-13H2/t16-,17-/m1/s1. The van der Waals surface area contributed by atoms with Crippen molar-refractivity contribution < 1.29 is 13.2 Å². The van der Waals surface area contributed by atoms with E-state index in [1.54, 1.807) is 24.3 Å². The van der Waals surface area contributed by atoms with E-state index in [4.69, 9.17) is 4.74 Å². The highest BCUT2D eigenvalue weighted by Gasteiger charge is 2.34. The monoisotopic (exact) mass is 302 g/mol. The lowest BCUT2D eigenvalue weighted by atomic mass is 10.0. The molecule has 0 N–H and O–H groups in total. The molecule has 1 aliphatic heterocycles. The van der Waals surface area contributed by atoms with E-state index in [1.807, 2.05) is 36.4 Å². The highest BCUT2D eigenvalue weighted by Crippen LogP contribution is 2.35. The molecule has 1 fully saturated rings. The van der Waals surface area contributed by atoms with Gasteiger partial charge in [-0.3, -0.25) is 0 Å². The molecule has 0 saturated carbocycles. The maximum Gasteiger partial charge on any atom is 0.205 e. The Morgan fingerprint density at radius 2 is 1.48 bits per heavy atom. The fraction of sp³-hybridized carbons (Fsp3) is 0.294. The molecule has 0 bridgehead atoms. The minimum Gasteiger partial charge on any atom is -0.354 e. The lowest BCUT2D eigenvalue weighted by Crippen LogP contribution is -2.30. The molecule has 2 aromatic carbocycles. The van der Waals surface area contributed by atoms with Gasteiger partial charge in [0.15, 0.2) is 5.44 Å². The van der Waals surface area contributed by atoms with Crippen LogP contribution in [0.1, 0.15) is 30.9 Å². The molecule has 4 heteroatoms. The zero-order valence-corrected chi connectivity index (χ0v) is 12.5. The van der Waals surface area contributed by atoms with Crippen LogP contribution in [0.15, 0.2) is 65.6 Å². The Hall–Kier alpha value is -1.65. The van der Waals surface area contributed by atoms with Gasteiger partial charge in [0.25, 0.3) is 0 Å². The Morgan fingerprint density at radius 3 is 2.14 bits per heavy atom. The van der Waals surface area contributed by atoms with Gasteiger partial charge in [0, 0.05) is 0 Å². The van der Waals surface area contributed by atoms with Gasteiger partial charge in [-0.25, -0.2) is 8.42 Å². The third-order valence-corrected chi connectivity index (χ3v) is 5.78. The molecule has 0 radical (unpaired) electrons. The van der Waals surface area contributed by atoms with Gasteiger partial charge in [-0.2, -0.15) is 0 Å². The average molecular weight is 302 g/mol. The summed E-state index contributed by atoms with van der Waals surface area (Å²) in [7, 11) is -3.43. The maximum atomic E-state index is 12.6. The number of hydrogen-bond donors (Lipinski definition) is 0. The summed E-state index contributed by atoms with van der Waals surface area (Å²) < 4.78 is 31.2. The summed E-state index contributed by atoms with van der Waals surface area (Å²) >= 11 is 0. The second-order valence-corrected chi connectivity index (χ2v) is 7.34. The summed E-state index contributed by atoms with van der Waals surface area (Å²) in [5.41, 5.74) is 0.296. The summed E-state index contributed by atoms with van der Waals surface area (Å²) in [6.07, 6.45) is 2.14. The summed E-state index contributed by atoms with van der Waals surface area (Å²) in [5, 5.41) is 0. The van der Waals surface area contributed by atoms with Gasteiger partial charge in [-0.05, 0) is 37.0 Å². The molecule has 0 unspecified atom stereocenters. The SMILES string of the molecule is O=S(=O)(c1ccccc1)[C@@H]1CCC[C@H](c2ccccc2)O1. The van der Waals surface area contributed by atoms with Crippen LogP contribution in [0.4, 0.5) is 0 Å². The normalized spacial score (nSPS) is 22.9. The Kier molecular flexibility index (Phi) is 4.08. The fourth-order valence-corrected chi connectivity index (χ4v) is 4.29. The Balaban J connectivity index is 1.84. The van der Waals surface area contributed by atoms with E-state index in [9.17, 15) is 8.42 Å². The molecule has 0 aromatic heterocycles. The quantitative estimate of drug-likeness (QED) is 0.867. The number of sulfone groups is 1. The maximum absolute atomic E-state index is 12.6. The van der Waals surface area contributed by atoms with Crippen molar-refractivity contribution in [1.29, 1.82) is 0 Å². The third-order valence-electron chi connectivity index (χ3n) is 3.81. The fourth-order valence-electron chi connectivity index (χ4n) is 2.69. The molecular formula is C17H18O3S. The number of hydrogen-bond acceptors (Lipinski definition) is 3. The second kappa shape index (κ2) is 6.00. The summed E-state index contributed by atoms with van der Waals surface area (Å²) in [6.45, 7) is 0. The van der Waals surface area contributed by atoms with Crippen molar-refractivity contribution in [2.24, 2.45) is 0 Å². The topological polar surface area (TPSA) is 43.4 Å². The molecule has 0 amide bonds. The van der Waals surface area contributed by atoms with Gasteiger partial charge in [0.2, 0.25) is 9.84 Å². The van der Waals surface area contributed by atoms with Crippen LogP contribution in [0.5, 0.6) is 0 Å². The van der Waals surface area contributed by atoms with E-state index in [2.05, 4.69) is 0 Å². The number of ether oxygens (including phenoxy) is 1. The van der Waals surface area contributed by atoms with Gasteiger partial charge in [-0.1, -0.05) is 48.5 Å². The van der Waals surface area contributed by atoms with E-state index in [0.29, 0.717) is 11.3 Å². The van der Waals surface area contributed by atoms with Crippen LogP contribution in [0.3, 0.4) is 0 Å². The van der Waals surface area contributed by atoms with Gasteiger partial charge in [0.05, 0.1) is 11.0 Å². The van der Waals surface area contributed by atoms with Crippen molar-refractivity contribution in [3.63, 3.8) is 0 Å². The molecule has 1 aliphatic rings. The third kappa shape index (κ3) is 3.01. The predicted molar refractivity (Wildman–Crippen MR) is 81.5 cm³/mol. The van der Waals surface area contributed by atoms with Crippen LogP contribution in [0, 0.1) is 0 Å². The van der Waals surface area contributed by atoms with Crippen LogP contribution in [0.2, 0.25) is 0 Å². The zero-order chi connectivity index (χ0) is 14.7. The zero-order valence-electron chi connectivity index (χ0n) is 11.7. The van der Waals surface area contributed by atoms with Crippen LogP contribution in [-0.2, 0) is 14.6 Å². The van der Waals surface area contributed by atoms with Crippen molar-refractivity contribution in [2.45, 2.75) is 35.7 Å². The van der Waals surface area contributed by atoms with E-state index >= 15 is 0 Å². The Labute approximate surface area is 125 Å². The molecule has 2 atom stereocenters. The summed E-state index contributed by atoms with van der Waals surface area (Å²) in [6, 6.07) is 18.4. The van der Waals surface area contributed by atoms with E-state index < -0.39 is 15.3 Å². The van der Waals surface area contributed by atoms with Crippen molar-refractivity contribution >= 4 is 9.84 Å². The largest absolute Gasteiger partial charge is 0.354 e. The lowest BCUT2D eigenvalue weighted by molar-refractivity contribution is -0.0100. The molecule has 0 aliphatic carbocycles. The van der Waals surface area contributed by atoms with Crippen molar-refractivity contribution in [3.8, 4) is 0 Å². The van der Waals surface area contributed by atoms with E-state index in [0.717, 1.165) is 18.4 Å². The molecule has 2 aromatic rings. The molecule has 3 rings (SSSR count). The molecule has 3 nitrogen and oxygen atoms in total. The summed E-state index contributed by atoms with van der Waals surface area (Å²) in [5.74, 6) is 0. The van der Waals surface area contributed by atoms with Crippen LogP contribution < -0.4 is 0 Å². The van der Waals surface area contributed by atoms with Gasteiger partial charge in [-0.15, -0.1) is 0 Å². The first-order valence-electron chi connectivity index (χ1n) is 7.17. The predicted octanol–water partition coefficient (Wildman–Crippen LogP) is 3.73. The molecular weight excluding hydrogens is 284 g/mol. The minimum atomic E-state index is -3.43. The molecule has 110 valence electrons. The smallest absolute Gasteiger partial charge is 0.205 e. The first kappa shape index (κ1) is 14.3. The Morgan fingerprint density at radius 1 is 0.857 bits per heavy atom. The van der Waals surface area contributed by atoms with Gasteiger partial charge in [0.1, 0.15) is 0 Å². The molecule has 1 saturated heterocycles. The lowest BCUT2D eigenvalue weighted by Gasteiger charge is -2.30. The Bertz CT molecular complexity index is 680. The minimum absolute atomic E-state index is 0.136. The van der Waals surface area contributed by atoms with Crippen molar-refractivity contribution in [1.82, 2.24) is 0 Å². The van der Waals surface area contributed by atoms with Crippen LogP contribution in [0.25, 0.3) is 0 Å². The highest BCUT2D eigenvalue weighted by molar-refractivity contribution is 7.91. The van der Waals surface area contributed by atoms with Crippen molar-refractivity contribution in [2.75, 3.05) is 0 Å². The number of rotatable bonds is 3. The van der Waals surface area contributed by atoms with Gasteiger partial charge < -0.3 is 4.74 Å². The van der Waals surface area contributed by atoms with Gasteiger partial charge >= 0.3 is 0 Å². The molecule has 1 heterocycles. The first-order chi connectivity index (χ1) is 10.2. The van der Waals surface area contributed by atoms with Crippen LogP contribution >= 0.6 is 0 Å². The molecule has 0 spiro atoms. The second-order valence-electron chi connectivity index (χ2n) is 5.25.